The van der Waals surface area contributed by atoms with Crippen molar-refractivity contribution < 1.29 is 18.4 Å². The van der Waals surface area contributed by atoms with Gasteiger partial charge in [0.05, 0.1) is 33.0 Å². The lowest BCUT2D eigenvalue weighted by atomic mass is 9.94. The fourth-order valence-electron chi connectivity index (χ4n) is 5.15. The zero-order valence-corrected chi connectivity index (χ0v) is 20.6. The van der Waals surface area contributed by atoms with Gasteiger partial charge in [0, 0.05) is 16.0 Å². The fourth-order valence-corrected chi connectivity index (χ4v) is 7.52. The van der Waals surface area contributed by atoms with Crippen LogP contribution in [0.25, 0.3) is 11.0 Å². The molecule has 2 aromatic rings. The van der Waals surface area contributed by atoms with E-state index in [9.17, 15) is 14.0 Å². The van der Waals surface area contributed by atoms with E-state index in [-0.39, 0.29) is 16.6 Å². The van der Waals surface area contributed by atoms with E-state index < -0.39 is 25.5 Å². The maximum Gasteiger partial charge on any atom is 0.323 e. The maximum atomic E-state index is 14.5. The number of anilines is 1. The summed E-state index contributed by atoms with van der Waals surface area (Å²) in [4.78, 5) is 32.7. The van der Waals surface area contributed by atoms with Gasteiger partial charge in [-0.1, -0.05) is 19.6 Å². The van der Waals surface area contributed by atoms with Crippen LogP contribution < -0.4 is 10.6 Å². The Morgan fingerprint density at radius 1 is 1.15 bits per heavy atom. The van der Waals surface area contributed by atoms with Crippen LogP contribution >= 0.6 is 0 Å². The Bertz CT molecular complexity index is 1250. The molecule has 0 radical (unpaired) electrons. The number of nitrogens with zero attached hydrogens (tertiary/aromatic N) is 2. The molecule has 0 spiro atoms. The molecule has 5 rings (SSSR count). The van der Waals surface area contributed by atoms with Gasteiger partial charge in [-0.3, -0.25) is 9.79 Å². The molecule has 1 aliphatic carbocycles. The number of benzene rings is 1. The van der Waals surface area contributed by atoms with Crippen LogP contribution in [0.5, 0.6) is 0 Å². The molecule has 0 atom stereocenters. The predicted octanol–water partition coefficient (Wildman–Crippen LogP) is 4.90. The van der Waals surface area contributed by atoms with Crippen molar-refractivity contribution in [3.8, 4) is 0 Å². The Morgan fingerprint density at radius 2 is 1.88 bits per heavy atom. The average molecular weight is 469 g/mol. The molecule has 0 unspecified atom stereocenters. The summed E-state index contributed by atoms with van der Waals surface area (Å²) in [6.45, 7) is 11.3. The Kier molecular flexibility index (Phi) is 4.66. The number of nitrogens with one attached hydrogen (secondary N) is 2. The van der Waals surface area contributed by atoms with Crippen LogP contribution in [-0.2, 0) is 4.79 Å². The fraction of sp³-hybridized carbons (Fsp3) is 0.458. The number of amidine groups is 1. The van der Waals surface area contributed by atoms with E-state index in [4.69, 9.17) is 4.42 Å². The molecule has 1 aromatic heterocycles. The van der Waals surface area contributed by atoms with E-state index in [2.05, 4.69) is 35.3 Å². The van der Waals surface area contributed by atoms with Crippen molar-refractivity contribution in [3.63, 3.8) is 0 Å². The summed E-state index contributed by atoms with van der Waals surface area (Å²) in [6.07, 6.45) is 3.32. The number of carbonyl (C=O) groups is 2. The number of fused-ring (bicyclic) bond motifs is 1. The van der Waals surface area contributed by atoms with Crippen LogP contribution in [0.2, 0.25) is 24.7 Å². The van der Waals surface area contributed by atoms with Crippen molar-refractivity contribution in [2.45, 2.75) is 56.9 Å². The van der Waals surface area contributed by atoms with Crippen molar-refractivity contribution in [2.24, 2.45) is 4.99 Å². The average Bonchev–Trinajstić information content (AvgIpc) is 3.15. The number of hydrogen-bond donors (Lipinski definition) is 2. The third-order valence-corrected chi connectivity index (χ3v) is 11.3. The SMILES string of the molecule is CC1(C)C2=C(CN1C(=O)Nc1c(F)ccc3ccoc13)C(NC(=O)C1([Si](C)(C)C)CC1)=NC2. The molecule has 1 saturated carbocycles. The number of furan rings is 1. The predicted molar refractivity (Wildman–Crippen MR) is 129 cm³/mol. The van der Waals surface area contributed by atoms with Crippen molar-refractivity contribution >= 4 is 42.5 Å². The Balaban J connectivity index is 1.35. The van der Waals surface area contributed by atoms with Crippen molar-refractivity contribution in [1.82, 2.24) is 10.2 Å². The molecule has 3 heterocycles. The molecule has 1 aromatic carbocycles. The molecule has 1 fully saturated rings. The zero-order chi connectivity index (χ0) is 23.8. The van der Waals surface area contributed by atoms with E-state index in [0.717, 1.165) is 24.0 Å². The molecule has 0 bridgehead atoms. The quantitative estimate of drug-likeness (QED) is 0.629. The summed E-state index contributed by atoms with van der Waals surface area (Å²) < 4.78 is 19.9. The van der Waals surface area contributed by atoms with Crippen LogP contribution in [-0.4, -0.2) is 49.4 Å². The first-order valence-electron chi connectivity index (χ1n) is 11.3. The highest BCUT2D eigenvalue weighted by Crippen LogP contribution is 2.60. The van der Waals surface area contributed by atoms with Gasteiger partial charge in [0.25, 0.3) is 0 Å². The third kappa shape index (κ3) is 3.24. The smallest absolute Gasteiger partial charge is 0.323 e. The van der Waals surface area contributed by atoms with E-state index in [1.165, 1.54) is 12.3 Å². The number of hydrogen-bond acceptors (Lipinski definition) is 4. The maximum absolute atomic E-state index is 14.5. The van der Waals surface area contributed by atoms with Gasteiger partial charge in [-0.15, -0.1) is 0 Å². The molecule has 33 heavy (non-hydrogen) atoms. The Hall–Kier alpha value is -2.94. The second-order valence-corrected chi connectivity index (χ2v) is 16.2. The zero-order valence-electron chi connectivity index (χ0n) is 19.6. The third-order valence-electron chi connectivity index (χ3n) is 7.68. The van der Waals surface area contributed by atoms with Gasteiger partial charge in [-0.2, -0.15) is 0 Å². The lowest BCUT2D eigenvalue weighted by molar-refractivity contribution is -0.120. The van der Waals surface area contributed by atoms with Crippen LogP contribution in [0, 0.1) is 5.82 Å². The highest BCUT2D eigenvalue weighted by Gasteiger charge is 2.59. The topological polar surface area (TPSA) is 86.9 Å². The second-order valence-electron chi connectivity index (χ2n) is 10.7. The highest BCUT2D eigenvalue weighted by atomic mass is 28.3. The summed E-state index contributed by atoms with van der Waals surface area (Å²) >= 11 is 0. The van der Waals surface area contributed by atoms with Gasteiger partial charge >= 0.3 is 6.03 Å². The molecular weight excluding hydrogens is 439 g/mol. The lowest BCUT2D eigenvalue weighted by Crippen LogP contribution is -2.48. The Labute approximate surface area is 193 Å². The van der Waals surface area contributed by atoms with Crippen molar-refractivity contribution in [2.75, 3.05) is 18.4 Å². The molecule has 3 amide bonds. The minimum Gasteiger partial charge on any atom is -0.462 e. The summed E-state index contributed by atoms with van der Waals surface area (Å²) in [6, 6.07) is 4.22. The largest absolute Gasteiger partial charge is 0.462 e. The van der Waals surface area contributed by atoms with Crippen LogP contribution in [0.3, 0.4) is 0 Å². The molecule has 7 nitrogen and oxygen atoms in total. The first kappa shape index (κ1) is 21.9. The van der Waals surface area contributed by atoms with Crippen molar-refractivity contribution in [3.05, 3.63) is 41.4 Å². The summed E-state index contributed by atoms with van der Waals surface area (Å²) in [7, 11) is -1.67. The van der Waals surface area contributed by atoms with Gasteiger partial charge < -0.3 is 20.0 Å². The number of rotatable bonds is 3. The molecular formula is C24H29FN4O3Si. The number of halogens is 1. The summed E-state index contributed by atoms with van der Waals surface area (Å²) in [5.74, 6) is 0.0718. The van der Waals surface area contributed by atoms with Crippen LogP contribution in [0.4, 0.5) is 14.9 Å². The van der Waals surface area contributed by atoms with Crippen LogP contribution in [0.15, 0.2) is 45.0 Å². The molecule has 174 valence electrons. The monoisotopic (exact) mass is 468 g/mol. The second kappa shape index (κ2) is 7.03. The van der Waals surface area contributed by atoms with Gasteiger partial charge in [-0.05, 0) is 50.5 Å². The van der Waals surface area contributed by atoms with Crippen LogP contribution in [0.1, 0.15) is 26.7 Å². The van der Waals surface area contributed by atoms with E-state index in [0.29, 0.717) is 29.9 Å². The number of amides is 3. The minimum atomic E-state index is -1.67. The highest BCUT2D eigenvalue weighted by molar-refractivity contribution is 6.83. The minimum absolute atomic E-state index is 0.0263. The Morgan fingerprint density at radius 3 is 2.55 bits per heavy atom. The standard InChI is InChI=1S/C24H29FN4O3Si/c1-23(2)16-12-26-20(28-21(30)24(9-10-24)33(3,4)5)15(16)13-29(23)22(31)27-18-17(25)7-6-14-8-11-32-19(14)18/h6-8,11H,9-10,12-13H2,1-5H3,(H,27,31)(H,26,28,30). The molecule has 3 aliphatic rings. The van der Waals surface area contributed by atoms with Gasteiger partial charge in [0.2, 0.25) is 5.91 Å². The van der Waals surface area contributed by atoms with Gasteiger partial charge in [-0.25, -0.2) is 9.18 Å². The number of aliphatic imine (C=N–C) groups is 1. The molecule has 2 aliphatic heterocycles. The van der Waals surface area contributed by atoms with E-state index in [1.54, 1.807) is 17.0 Å². The van der Waals surface area contributed by atoms with E-state index >= 15 is 0 Å². The van der Waals surface area contributed by atoms with E-state index in [1.807, 2.05) is 13.8 Å². The summed E-state index contributed by atoms with van der Waals surface area (Å²) in [5.41, 5.74) is 1.59. The van der Waals surface area contributed by atoms with Gasteiger partial charge in [0.15, 0.2) is 11.4 Å². The number of urea groups is 1. The number of carbonyl (C=O) groups excluding carboxylic acids is 2. The lowest BCUT2D eigenvalue weighted by Gasteiger charge is -2.34. The first-order valence-corrected chi connectivity index (χ1v) is 14.8. The molecule has 2 N–H and O–H groups in total. The van der Waals surface area contributed by atoms with Gasteiger partial charge in [0.1, 0.15) is 11.5 Å². The molecule has 0 saturated heterocycles. The first-order chi connectivity index (χ1) is 15.5. The van der Waals surface area contributed by atoms with Crippen molar-refractivity contribution in [1.29, 1.82) is 0 Å². The summed E-state index contributed by atoms with van der Waals surface area (Å²) in [5, 5.41) is 6.27. The molecule has 9 heteroatoms. The normalized spacial score (nSPS) is 20.7.